The van der Waals surface area contributed by atoms with Gasteiger partial charge in [0.2, 0.25) is 0 Å². The fraction of sp³-hybridized carbons (Fsp3) is 0.379. The normalized spacial score (nSPS) is 14.4. The molecule has 0 aliphatic carbocycles. The summed E-state index contributed by atoms with van der Waals surface area (Å²) in [6.07, 6.45) is 1.68. The van der Waals surface area contributed by atoms with E-state index in [-0.39, 0.29) is 17.7 Å². The van der Waals surface area contributed by atoms with E-state index in [9.17, 15) is 9.59 Å². The number of hydrogen-bond acceptors (Lipinski definition) is 6. The highest BCUT2D eigenvalue weighted by Gasteiger charge is 2.27. The monoisotopic (exact) mass is 514 g/mol. The van der Waals surface area contributed by atoms with E-state index < -0.39 is 5.60 Å². The second-order valence-corrected chi connectivity index (χ2v) is 10.9. The van der Waals surface area contributed by atoms with Gasteiger partial charge in [-0.1, -0.05) is 30.3 Å². The first-order valence-corrected chi connectivity index (χ1v) is 13.0. The average molecular weight is 515 g/mol. The summed E-state index contributed by atoms with van der Waals surface area (Å²) >= 11 is 0. The van der Waals surface area contributed by atoms with Crippen molar-refractivity contribution in [3.8, 4) is 22.5 Å². The van der Waals surface area contributed by atoms with Crippen LogP contribution in [0.1, 0.15) is 40.7 Å². The van der Waals surface area contributed by atoms with Crippen molar-refractivity contribution in [3.63, 3.8) is 0 Å². The van der Waals surface area contributed by atoms with Gasteiger partial charge in [0.05, 0.1) is 22.8 Å². The number of carbonyl (C=O) groups excluding carboxylic acids is 1. The molecule has 1 fully saturated rings. The molecule has 0 N–H and O–H groups in total. The number of nitrogens with zero attached hydrogens (tertiary/aromatic N) is 6. The number of hydrogen-bond donors (Lipinski definition) is 0. The van der Waals surface area contributed by atoms with Crippen molar-refractivity contribution in [2.45, 2.75) is 46.3 Å². The van der Waals surface area contributed by atoms with E-state index in [0.29, 0.717) is 31.9 Å². The van der Waals surface area contributed by atoms with Gasteiger partial charge in [0, 0.05) is 49.7 Å². The van der Waals surface area contributed by atoms with Crippen molar-refractivity contribution in [2.24, 2.45) is 0 Å². The lowest BCUT2D eigenvalue weighted by Crippen LogP contribution is -2.50. The van der Waals surface area contributed by atoms with Gasteiger partial charge in [-0.25, -0.2) is 14.0 Å². The number of aromatic nitrogens is 4. The molecule has 1 amide bonds. The molecule has 4 aromatic rings. The summed E-state index contributed by atoms with van der Waals surface area (Å²) in [5, 5.41) is 9.64. The van der Waals surface area contributed by atoms with Crippen LogP contribution in [-0.4, -0.2) is 62.2 Å². The van der Waals surface area contributed by atoms with Crippen molar-refractivity contribution in [3.05, 3.63) is 71.1 Å². The Balaban J connectivity index is 1.53. The minimum absolute atomic E-state index is 0.0682. The summed E-state index contributed by atoms with van der Waals surface area (Å²) in [7, 11) is 0. The molecule has 1 aromatic carbocycles. The van der Waals surface area contributed by atoms with Gasteiger partial charge in [-0.15, -0.1) is 0 Å². The van der Waals surface area contributed by atoms with E-state index in [1.165, 1.54) is 4.68 Å². The Morgan fingerprint density at radius 3 is 2.32 bits per heavy atom. The molecule has 38 heavy (non-hydrogen) atoms. The van der Waals surface area contributed by atoms with Crippen LogP contribution in [-0.2, 0) is 4.74 Å². The van der Waals surface area contributed by atoms with Gasteiger partial charge in [0.25, 0.3) is 5.56 Å². The van der Waals surface area contributed by atoms with Crippen molar-refractivity contribution in [1.29, 1.82) is 0 Å². The standard InChI is InChI=1S/C29H34N6O3/c1-20(2)35-25(36)12-11-23(30-35)26-24-19-22(13-14-34(24)31-27(26)21-9-7-6-8-10-21)32-15-17-33(18-16-32)28(37)38-29(3,4)5/h6-14,19-20H,15-18H2,1-5H3. The molecule has 1 saturated heterocycles. The molecular formula is C29H34N6O3. The predicted molar refractivity (Wildman–Crippen MR) is 149 cm³/mol. The molecule has 198 valence electrons. The highest BCUT2D eigenvalue weighted by atomic mass is 16.6. The third kappa shape index (κ3) is 5.14. The Hall–Kier alpha value is -4.14. The van der Waals surface area contributed by atoms with E-state index in [1.54, 1.807) is 17.0 Å². The maximum Gasteiger partial charge on any atom is 0.410 e. The zero-order valence-corrected chi connectivity index (χ0v) is 22.6. The Bertz CT molecular complexity index is 1510. The summed E-state index contributed by atoms with van der Waals surface area (Å²) in [6.45, 7) is 12.1. The fourth-order valence-electron chi connectivity index (χ4n) is 4.68. The maximum atomic E-state index is 12.5. The summed E-state index contributed by atoms with van der Waals surface area (Å²) in [6, 6.07) is 17.4. The summed E-state index contributed by atoms with van der Waals surface area (Å²) < 4.78 is 8.92. The number of ether oxygens (including phenoxy) is 1. The van der Waals surface area contributed by atoms with Gasteiger partial charge in [-0.2, -0.15) is 10.2 Å². The lowest BCUT2D eigenvalue weighted by Gasteiger charge is -2.36. The minimum atomic E-state index is -0.514. The predicted octanol–water partition coefficient (Wildman–Crippen LogP) is 4.86. The molecule has 0 atom stereocenters. The topological polar surface area (TPSA) is 85.0 Å². The van der Waals surface area contributed by atoms with Crippen molar-refractivity contribution >= 4 is 17.3 Å². The number of benzene rings is 1. The van der Waals surface area contributed by atoms with Gasteiger partial charge in [0.1, 0.15) is 11.3 Å². The molecule has 0 spiro atoms. The lowest BCUT2D eigenvalue weighted by molar-refractivity contribution is 0.0240. The largest absolute Gasteiger partial charge is 0.444 e. The Morgan fingerprint density at radius 2 is 1.66 bits per heavy atom. The first-order chi connectivity index (χ1) is 18.1. The van der Waals surface area contributed by atoms with Crippen molar-refractivity contribution < 1.29 is 9.53 Å². The summed E-state index contributed by atoms with van der Waals surface area (Å²) in [4.78, 5) is 29.0. The average Bonchev–Trinajstić information content (AvgIpc) is 3.27. The number of anilines is 1. The van der Waals surface area contributed by atoms with E-state index in [1.807, 2.05) is 81.7 Å². The zero-order valence-electron chi connectivity index (χ0n) is 22.6. The summed E-state index contributed by atoms with van der Waals surface area (Å²) in [5.74, 6) is 0. The van der Waals surface area contributed by atoms with Crippen LogP contribution >= 0.6 is 0 Å². The van der Waals surface area contributed by atoms with Crippen LogP contribution in [0.5, 0.6) is 0 Å². The van der Waals surface area contributed by atoms with Crippen LogP contribution in [0, 0.1) is 0 Å². The van der Waals surface area contributed by atoms with Crippen LogP contribution in [0.2, 0.25) is 0 Å². The third-order valence-corrected chi connectivity index (χ3v) is 6.53. The minimum Gasteiger partial charge on any atom is -0.444 e. The van der Waals surface area contributed by atoms with E-state index in [4.69, 9.17) is 14.9 Å². The number of rotatable bonds is 4. The second kappa shape index (κ2) is 9.96. The van der Waals surface area contributed by atoms with E-state index in [0.717, 1.165) is 28.0 Å². The Morgan fingerprint density at radius 1 is 0.947 bits per heavy atom. The van der Waals surface area contributed by atoms with Crippen molar-refractivity contribution in [1.82, 2.24) is 24.3 Å². The van der Waals surface area contributed by atoms with Gasteiger partial charge in [0.15, 0.2) is 0 Å². The number of carbonyl (C=O) groups is 1. The smallest absolute Gasteiger partial charge is 0.410 e. The molecule has 0 radical (unpaired) electrons. The highest BCUT2D eigenvalue weighted by molar-refractivity contribution is 5.91. The first-order valence-electron chi connectivity index (χ1n) is 13.0. The zero-order chi connectivity index (χ0) is 27.0. The van der Waals surface area contributed by atoms with Crippen LogP contribution in [0.3, 0.4) is 0 Å². The molecule has 0 saturated carbocycles. The second-order valence-electron chi connectivity index (χ2n) is 10.9. The van der Waals surface area contributed by atoms with Crippen LogP contribution in [0.4, 0.5) is 10.5 Å². The Kier molecular flexibility index (Phi) is 6.69. The number of amides is 1. The quantitative estimate of drug-likeness (QED) is 0.387. The van der Waals surface area contributed by atoms with Gasteiger partial charge >= 0.3 is 6.09 Å². The third-order valence-electron chi connectivity index (χ3n) is 6.53. The molecule has 1 aliphatic heterocycles. The number of pyridine rings is 1. The molecule has 9 nitrogen and oxygen atoms in total. The highest BCUT2D eigenvalue weighted by Crippen LogP contribution is 2.35. The molecule has 5 rings (SSSR count). The molecule has 3 aromatic heterocycles. The molecular weight excluding hydrogens is 480 g/mol. The summed E-state index contributed by atoms with van der Waals surface area (Å²) in [5.41, 5.74) is 4.64. The van der Waals surface area contributed by atoms with E-state index >= 15 is 0 Å². The number of piperazine rings is 1. The van der Waals surface area contributed by atoms with E-state index in [2.05, 4.69) is 11.0 Å². The van der Waals surface area contributed by atoms with Crippen LogP contribution in [0.15, 0.2) is 65.6 Å². The SMILES string of the molecule is CC(C)n1nc(-c2c(-c3ccccc3)nn3ccc(N4CCN(C(=O)OC(C)(C)C)CC4)cc23)ccc1=O. The fourth-order valence-corrected chi connectivity index (χ4v) is 4.68. The Labute approximate surface area is 222 Å². The number of fused-ring (bicyclic) bond motifs is 1. The molecule has 0 unspecified atom stereocenters. The molecule has 9 heteroatoms. The van der Waals surface area contributed by atoms with Gasteiger partial charge in [-0.05, 0) is 52.8 Å². The van der Waals surface area contributed by atoms with Crippen LogP contribution in [0.25, 0.3) is 28.0 Å². The first kappa shape index (κ1) is 25.5. The molecule has 4 heterocycles. The van der Waals surface area contributed by atoms with Crippen LogP contribution < -0.4 is 10.5 Å². The maximum absolute atomic E-state index is 12.5. The van der Waals surface area contributed by atoms with Crippen molar-refractivity contribution in [2.75, 3.05) is 31.1 Å². The molecule has 0 bridgehead atoms. The lowest BCUT2D eigenvalue weighted by atomic mass is 10.0. The van der Waals surface area contributed by atoms with Gasteiger partial charge < -0.3 is 14.5 Å². The van der Waals surface area contributed by atoms with Gasteiger partial charge in [-0.3, -0.25) is 4.79 Å². The molecule has 1 aliphatic rings.